The van der Waals surface area contributed by atoms with E-state index in [1.807, 2.05) is 6.07 Å². The fourth-order valence-electron chi connectivity index (χ4n) is 3.55. The van der Waals surface area contributed by atoms with Crippen molar-refractivity contribution in [2.75, 3.05) is 45.9 Å². The molecule has 0 saturated carbocycles. The number of piperazine rings is 1. The van der Waals surface area contributed by atoms with Crippen LogP contribution in [0.4, 0.5) is 0 Å². The van der Waals surface area contributed by atoms with Gasteiger partial charge in [0.25, 0.3) is 0 Å². The van der Waals surface area contributed by atoms with E-state index in [2.05, 4.69) is 28.0 Å². The Bertz CT molecular complexity index is 527. The van der Waals surface area contributed by atoms with Crippen LogP contribution in [0.5, 0.6) is 5.75 Å². The first-order valence-corrected chi connectivity index (χ1v) is 8.64. The molecule has 0 spiro atoms. The van der Waals surface area contributed by atoms with Crippen LogP contribution < -0.4 is 10.5 Å². The Morgan fingerprint density at radius 2 is 1.91 bits per heavy atom. The van der Waals surface area contributed by atoms with Crippen molar-refractivity contribution in [1.29, 1.82) is 0 Å². The Labute approximate surface area is 138 Å². The smallest absolute Gasteiger partial charge is 0.218 e. The fourth-order valence-corrected chi connectivity index (χ4v) is 3.55. The van der Waals surface area contributed by atoms with Crippen molar-refractivity contribution in [2.24, 2.45) is 11.7 Å². The molecule has 1 aromatic carbocycles. The predicted octanol–water partition coefficient (Wildman–Crippen LogP) is 1.12. The number of benzene rings is 1. The lowest BCUT2D eigenvalue weighted by Gasteiger charge is -2.36. The van der Waals surface area contributed by atoms with Gasteiger partial charge in [-0.15, -0.1) is 0 Å². The van der Waals surface area contributed by atoms with Gasteiger partial charge in [-0.3, -0.25) is 4.79 Å². The molecule has 3 rings (SSSR count). The number of amides is 1. The zero-order valence-electron chi connectivity index (χ0n) is 13.7. The number of rotatable bonds is 5. The minimum atomic E-state index is -0.204. The molecular weight excluding hydrogens is 290 g/mol. The van der Waals surface area contributed by atoms with Crippen LogP contribution in [0, 0.1) is 5.92 Å². The maximum absolute atomic E-state index is 10.9. The Hall–Kier alpha value is -1.59. The normalized spacial score (nSPS) is 22.9. The minimum absolute atomic E-state index is 0.204. The fraction of sp³-hybridized carbons (Fsp3) is 0.611. The summed E-state index contributed by atoms with van der Waals surface area (Å²) in [5.74, 6) is 1.52. The third kappa shape index (κ3) is 4.69. The van der Waals surface area contributed by atoms with E-state index in [0.717, 1.165) is 64.5 Å². The highest BCUT2D eigenvalue weighted by Gasteiger charge is 2.23. The molecule has 0 bridgehead atoms. The SMILES string of the molecule is NC(=O)CCN1CCN(C[C@H]2CCOc3ccccc3C2)CC1. The summed E-state index contributed by atoms with van der Waals surface area (Å²) in [6.45, 7) is 6.99. The molecule has 5 heteroatoms. The van der Waals surface area contributed by atoms with Gasteiger partial charge in [-0.05, 0) is 30.4 Å². The van der Waals surface area contributed by atoms with Gasteiger partial charge < -0.3 is 20.3 Å². The molecule has 0 unspecified atom stereocenters. The minimum Gasteiger partial charge on any atom is -0.493 e. The molecule has 2 N–H and O–H groups in total. The number of fused-ring (bicyclic) bond motifs is 1. The van der Waals surface area contributed by atoms with Crippen LogP contribution in [0.3, 0.4) is 0 Å². The first-order valence-electron chi connectivity index (χ1n) is 8.64. The Morgan fingerprint density at radius 3 is 2.70 bits per heavy atom. The van der Waals surface area contributed by atoms with E-state index >= 15 is 0 Å². The summed E-state index contributed by atoms with van der Waals surface area (Å²) in [7, 11) is 0. The number of hydrogen-bond acceptors (Lipinski definition) is 4. The number of nitrogens with two attached hydrogens (primary N) is 1. The monoisotopic (exact) mass is 317 g/mol. The molecule has 2 aliphatic rings. The van der Waals surface area contributed by atoms with Crippen LogP contribution in [0.25, 0.3) is 0 Å². The van der Waals surface area contributed by atoms with Crippen molar-refractivity contribution < 1.29 is 9.53 Å². The van der Waals surface area contributed by atoms with Gasteiger partial charge in [-0.1, -0.05) is 18.2 Å². The third-order valence-corrected chi connectivity index (χ3v) is 4.92. The number of carbonyl (C=O) groups is 1. The lowest BCUT2D eigenvalue weighted by Crippen LogP contribution is -2.48. The molecule has 1 amide bonds. The van der Waals surface area contributed by atoms with Gasteiger partial charge in [0.2, 0.25) is 5.91 Å². The zero-order chi connectivity index (χ0) is 16.1. The predicted molar refractivity (Wildman–Crippen MR) is 90.4 cm³/mol. The van der Waals surface area contributed by atoms with Crippen LogP contribution in [-0.2, 0) is 11.2 Å². The van der Waals surface area contributed by atoms with Crippen LogP contribution >= 0.6 is 0 Å². The molecule has 1 fully saturated rings. The second-order valence-electron chi connectivity index (χ2n) is 6.67. The summed E-state index contributed by atoms with van der Waals surface area (Å²) in [5.41, 5.74) is 6.57. The molecule has 2 aliphatic heterocycles. The van der Waals surface area contributed by atoms with Gasteiger partial charge in [-0.2, -0.15) is 0 Å². The molecule has 23 heavy (non-hydrogen) atoms. The van der Waals surface area contributed by atoms with Crippen molar-refractivity contribution in [2.45, 2.75) is 19.3 Å². The number of para-hydroxylation sites is 1. The first-order chi connectivity index (χ1) is 11.2. The van der Waals surface area contributed by atoms with E-state index in [-0.39, 0.29) is 5.91 Å². The van der Waals surface area contributed by atoms with E-state index < -0.39 is 0 Å². The van der Waals surface area contributed by atoms with E-state index in [9.17, 15) is 4.79 Å². The second-order valence-corrected chi connectivity index (χ2v) is 6.67. The number of carbonyl (C=O) groups excluding carboxylic acids is 1. The van der Waals surface area contributed by atoms with Crippen molar-refractivity contribution in [1.82, 2.24) is 9.80 Å². The molecule has 5 nitrogen and oxygen atoms in total. The van der Waals surface area contributed by atoms with Crippen molar-refractivity contribution >= 4 is 5.91 Å². The summed E-state index contributed by atoms with van der Waals surface area (Å²) >= 11 is 0. The maximum Gasteiger partial charge on any atom is 0.218 e. The lowest BCUT2D eigenvalue weighted by molar-refractivity contribution is -0.118. The average Bonchev–Trinajstić information content (AvgIpc) is 2.76. The van der Waals surface area contributed by atoms with Crippen molar-refractivity contribution in [3.8, 4) is 5.75 Å². The number of nitrogens with zero attached hydrogens (tertiary/aromatic N) is 2. The summed E-state index contributed by atoms with van der Waals surface area (Å²) in [6, 6.07) is 8.41. The topological polar surface area (TPSA) is 58.8 Å². The highest BCUT2D eigenvalue weighted by Crippen LogP contribution is 2.27. The molecule has 2 heterocycles. The largest absolute Gasteiger partial charge is 0.493 e. The molecule has 1 saturated heterocycles. The number of hydrogen-bond donors (Lipinski definition) is 1. The highest BCUT2D eigenvalue weighted by molar-refractivity contribution is 5.73. The molecule has 1 atom stereocenters. The van der Waals surface area contributed by atoms with Gasteiger partial charge in [0.1, 0.15) is 5.75 Å². The highest BCUT2D eigenvalue weighted by atomic mass is 16.5. The number of ether oxygens (including phenoxy) is 1. The Morgan fingerprint density at radius 1 is 1.17 bits per heavy atom. The molecule has 0 radical (unpaired) electrons. The standard InChI is InChI=1S/C18H27N3O2/c19-18(22)5-7-20-8-10-21(11-9-20)14-15-6-12-23-17-4-2-1-3-16(17)13-15/h1-4,15H,5-14H2,(H2,19,22)/t15-/m0/s1. The van der Waals surface area contributed by atoms with Gasteiger partial charge in [0.15, 0.2) is 0 Å². The summed E-state index contributed by atoms with van der Waals surface area (Å²) in [6.07, 6.45) is 2.70. The van der Waals surface area contributed by atoms with Gasteiger partial charge in [0, 0.05) is 45.7 Å². The summed E-state index contributed by atoms with van der Waals surface area (Å²) < 4.78 is 5.87. The summed E-state index contributed by atoms with van der Waals surface area (Å²) in [5, 5.41) is 0. The van der Waals surface area contributed by atoms with Crippen LogP contribution in [-0.4, -0.2) is 61.6 Å². The van der Waals surface area contributed by atoms with Crippen LogP contribution in [0.15, 0.2) is 24.3 Å². The molecule has 126 valence electrons. The quantitative estimate of drug-likeness (QED) is 0.884. The third-order valence-electron chi connectivity index (χ3n) is 4.92. The van der Waals surface area contributed by atoms with E-state index in [1.165, 1.54) is 5.56 Å². The first kappa shape index (κ1) is 16.3. The van der Waals surface area contributed by atoms with Gasteiger partial charge >= 0.3 is 0 Å². The molecule has 0 aromatic heterocycles. The Balaban J connectivity index is 1.46. The van der Waals surface area contributed by atoms with Crippen molar-refractivity contribution in [3.63, 3.8) is 0 Å². The van der Waals surface area contributed by atoms with Crippen LogP contribution in [0.1, 0.15) is 18.4 Å². The van der Waals surface area contributed by atoms with Crippen LogP contribution in [0.2, 0.25) is 0 Å². The van der Waals surface area contributed by atoms with Crippen molar-refractivity contribution in [3.05, 3.63) is 29.8 Å². The second kappa shape index (κ2) is 7.79. The lowest BCUT2D eigenvalue weighted by atomic mass is 9.96. The average molecular weight is 317 g/mol. The zero-order valence-corrected chi connectivity index (χ0v) is 13.7. The van der Waals surface area contributed by atoms with Gasteiger partial charge in [-0.25, -0.2) is 0 Å². The van der Waals surface area contributed by atoms with E-state index in [4.69, 9.17) is 10.5 Å². The maximum atomic E-state index is 10.9. The molecule has 0 aliphatic carbocycles. The van der Waals surface area contributed by atoms with E-state index in [0.29, 0.717) is 12.3 Å². The van der Waals surface area contributed by atoms with E-state index in [1.54, 1.807) is 0 Å². The molecule has 1 aromatic rings. The Kier molecular flexibility index (Phi) is 5.51. The molecular formula is C18H27N3O2. The summed E-state index contributed by atoms with van der Waals surface area (Å²) in [4.78, 5) is 15.8. The number of primary amides is 1. The van der Waals surface area contributed by atoms with Gasteiger partial charge in [0.05, 0.1) is 6.61 Å².